The summed E-state index contributed by atoms with van der Waals surface area (Å²) in [6.45, 7) is 5.17. The van der Waals surface area contributed by atoms with Crippen LogP contribution in [0.4, 0.5) is 20.6 Å². The minimum Gasteiger partial charge on any atom is -0.442 e. The molecule has 1 atom stereocenters. The van der Waals surface area contributed by atoms with Crippen molar-refractivity contribution in [1.82, 2.24) is 10.2 Å². The van der Waals surface area contributed by atoms with E-state index in [4.69, 9.17) is 4.74 Å². The van der Waals surface area contributed by atoms with Gasteiger partial charge in [-0.2, -0.15) is 0 Å². The molecule has 0 aliphatic carbocycles. The number of halogens is 1. The van der Waals surface area contributed by atoms with E-state index in [1.165, 1.54) is 29.0 Å². The third kappa shape index (κ3) is 6.75. The third-order valence-electron chi connectivity index (χ3n) is 7.47. The first-order valence-electron chi connectivity index (χ1n) is 13.6. The van der Waals surface area contributed by atoms with E-state index in [1.54, 1.807) is 12.1 Å². The maximum absolute atomic E-state index is 15.3. The van der Waals surface area contributed by atoms with Crippen molar-refractivity contribution in [2.24, 2.45) is 0 Å². The zero-order valence-electron chi connectivity index (χ0n) is 22.3. The Morgan fingerprint density at radius 1 is 0.974 bits per heavy atom. The van der Waals surface area contributed by atoms with Gasteiger partial charge in [-0.1, -0.05) is 60.7 Å². The number of ether oxygens (including phenoxy) is 1. The largest absolute Gasteiger partial charge is 0.442 e. The number of nitrogens with zero attached hydrogens (tertiary/aromatic N) is 3. The Balaban J connectivity index is 1.22. The van der Waals surface area contributed by atoms with E-state index in [-0.39, 0.29) is 24.8 Å². The highest BCUT2D eigenvalue weighted by molar-refractivity contribution is 5.90. The molecule has 2 aliphatic rings. The Hall–Kier alpha value is -3.91. The molecule has 3 aromatic rings. The average molecular weight is 531 g/mol. The lowest BCUT2D eigenvalue weighted by Crippen LogP contribution is -2.44. The van der Waals surface area contributed by atoms with Crippen LogP contribution in [0.15, 0.2) is 78.9 Å². The first-order valence-corrected chi connectivity index (χ1v) is 13.6. The van der Waals surface area contributed by atoms with Crippen LogP contribution in [-0.2, 0) is 22.6 Å². The van der Waals surface area contributed by atoms with Gasteiger partial charge in [-0.05, 0) is 42.2 Å². The van der Waals surface area contributed by atoms with Gasteiger partial charge in [-0.15, -0.1) is 0 Å². The summed E-state index contributed by atoms with van der Waals surface area (Å²) in [5, 5.41) is 2.65. The van der Waals surface area contributed by atoms with Crippen molar-refractivity contribution in [1.29, 1.82) is 0 Å². The quantitative estimate of drug-likeness (QED) is 0.424. The monoisotopic (exact) mass is 530 g/mol. The molecule has 0 radical (unpaired) electrons. The molecule has 0 saturated carbocycles. The molecule has 8 heteroatoms. The summed E-state index contributed by atoms with van der Waals surface area (Å²) < 4.78 is 20.6. The van der Waals surface area contributed by atoms with E-state index >= 15 is 4.39 Å². The molecular weight excluding hydrogens is 495 g/mol. The number of amides is 2. The fourth-order valence-corrected chi connectivity index (χ4v) is 5.44. The van der Waals surface area contributed by atoms with Crippen molar-refractivity contribution < 1.29 is 18.7 Å². The Bertz CT molecular complexity index is 1220. The van der Waals surface area contributed by atoms with Crippen molar-refractivity contribution in [2.75, 3.05) is 36.0 Å². The summed E-state index contributed by atoms with van der Waals surface area (Å²) in [6.07, 6.45) is 0.877. The van der Waals surface area contributed by atoms with Gasteiger partial charge in [-0.25, -0.2) is 9.18 Å². The van der Waals surface area contributed by atoms with E-state index in [0.717, 1.165) is 39.0 Å². The standard InChI is InChI=1S/C31H35FN4O3/c1-23(37)33-19-28-22-36(31(38)39-28)27-12-13-30(29(32)18-27)34-16-14-26(15-17-34)35(20-24-8-4-2-5-9-24)21-25-10-6-3-7-11-25/h2-13,18,26,28H,14-17,19-22H2,1H3,(H,33,37)/t28-/m0/s1. The number of cyclic esters (lactones) is 1. The van der Waals surface area contributed by atoms with Gasteiger partial charge in [0, 0.05) is 39.1 Å². The number of hydrogen-bond donors (Lipinski definition) is 1. The van der Waals surface area contributed by atoms with Crippen LogP contribution >= 0.6 is 0 Å². The van der Waals surface area contributed by atoms with E-state index < -0.39 is 12.2 Å². The fraction of sp³-hybridized carbons (Fsp3) is 0.355. The molecule has 3 aromatic carbocycles. The molecule has 39 heavy (non-hydrogen) atoms. The molecule has 2 fully saturated rings. The summed E-state index contributed by atoms with van der Waals surface area (Å²) in [7, 11) is 0. The number of piperidine rings is 1. The molecule has 7 nitrogen and oxygen atoms in total. The second kappa shape index (κ2) is 12.3. The number of anilines is 2. The summed E-state index contributed by atoms with van der Waals surface area (Å²) in [5.74, 6) is -0.540. The maximum atomic E-state index is 15.3. The number of rotatable bonds is 9. The summed E-state index contributed by atoms with van der Waals surface area (Å²) in [6, 6.07) is 26.4. The molecule has 2 aliphatic heterocycles. The van der Waals surface area contributed by atoms with Crippen molar-refractivity contribution in [2.45, 2.75) is 45.0 Å². The minimum absolute atomic E-state index is 0.188. The summed E-state index contributed by atoms with van der Waals surface area (Å²) >= 11 is 0. The summed E-state index contributed by atoms with van der Waals surface area (Å²) in [4.78, 5) is 29.6. The molecule has 0 aromatic heterocycles. The van der Waals surface area contributed by atoms with Crippen LogP contribution in [0.5, 0.6) is 0 Å². The number of carbonyl (C=O) groups excluding carboxylic acids is 2. The fourth-order valence-electron chi connectivity index (χ4n) is 5.44. The highest BCUT2D eigenvalue weighted by atomic mass is 19.1. The topological polar surface area (TPSA) is 65.1 Å². The van der Waals surface area contributed by atoms with Gasteiger partial charge < -0.3 is 15.0 Å². The van der Waals surface area contributed by atoms with E-state index in [9.17, 15) is 9.59 Å². The second-order valence-corrected chi connectivity index (χ2v) is 10.3. The Kier molecular flexibility index (Phi) is 8.42. The molecule has 5 rings (SSSR count). The van der Waals surface area contributed by atoms with Crippen molar-refractivity contribution in [3.8, 4) is 0 Å². The molecule has 1 N–H and O–H groups in total. The second-order valence-electron chi connectivity index (χ2n) is 10.3. The Labute approximate surface area is 229 Å². The maximum Gasteiger partial charge on any atom is 0.414 e. The van der Waals surface area contributed by atoms with Crippen LogP contribution in [-0.4, -0.2) is 55.2 Å². The van der Waals surface area contributed by atoms with Crippen molar-refractivity contribution in [3.63, 3.8) is 0 Å². The van der Waals surface area contributed by atoms with Gasteiger partial charge in [0.25, 0.3) is 0 Å². The SMILES string of the molecule is CC(=O)NC[C@H]1CN(c2ccc(N3CCC(N(Cc4ccccc4)Cc4ccccc4)CC3)c(F)c2)C(=O)O1. The van der Waals surface area contributed by atoms with Crippen LogP contribution in [0.3, 0.4) is 0 Å². The lowest BCUT2D eigenvalue weighted by atomic mass is 10.00. The van der Waals surface area contributed by atoms with Gasteiger partial charge in [0.1, 0.15) is 11.9 Å². The van der Waals surface area contributed by atoms with E-state index in [1.807, 2.05) is 12.1 Å². The Morgan fingerprint density at radius 3 is 2.15 bits per heavy atom. The molecule has 2 amide bonds. The van der Waals surface area contributed by atoms with Crippen LogP contribution in [0.1, 0.15) is 30.9 Å². The number of hydrogen-bond acceptors (Lipinski definition) is 5. The smallest absolute Gasteiger partial charge is 0.414 e. The highest BCUT2D eigenvalue weighted by Crippen LogP contribution is 2.31. The molecule has 204 valence electrons. The molecule has 2 saturated heterocycles. The molecular formula is C31H35FN4O3. The zero-order valence-corrected chi connectivity index (χ0v) is 22.3. The van der Waals surface area contributed by atoms with E-state index in [2.05, 4.69) is 63.6 Å². The van der Waals surface area contributed by atoms with Crippen molar-refractivity contribution in [3.05, 3.63) is 95.8 Å². The van der Waals surface area contributed by atoms with Crippen LogP contribution in [0.25, 0.3) is 0 Å². The zero-order chi connectivity index (χ0) is 27.2. The van der Waals surface area contributed by atoms with Gasteiger partial charge in [0.15, 0.2) is 0 Å². The predicted molar refractivity (Wildman–Crippen MR) is 150 cm³/mol. The number of nitrogens with one attached hydrogen (secondary N) is 1. The Morgan fingerprint density at radius 2 is 1.59 bits per heavy atom. The minimum atomic E-state index is -0.532. The lowest BCUT2D eigenvalue weighted by molar-refractivity contribution is -0.119. The lowest BCUT2D eigenvalue weighted by Gasteiger charge is -2.40. The van der Waals surface area contributed by atoms with Crippen LogP contribution in [0, 0.1) is 5.82 Å². The van der Waals surface area contributed by atoms with Gasteiger partial charge >= 0.3 is 6.09 Å². The number of carbonyl (C=O) groups is 2. The van der Waals surface area contributed by atoms with Crippen LogP contribution < -0.4 is 15.1 Å². The molecule has 2 heterocycles. The number of benzene rings is 3. The van der Waals surface area contributed by atoms with Gasteiger partial charge in [-0.3, -0.25) is 14.6 Å². The molecule has 0 bridgehead atoms. The molecule has 0 spiro atoms. The predicted octanol–water partition coefficient (Wildman–Crippen LogP) is 4.96. The first-order chi connectivity index (χ1) is 19.0. The highest BCUT2D eigenvalue weighted by Gasteiger charge is 2.33. The van der Waals surface area contributed by atoms with Crippen molar-refractivity contribution >= 4 is 23.4 Å². The third-order valence-corrected chi connectivity index (χ3v) is 7.47. The average Bonchev–Trinajstić information content (AvgIpc) is 3.33. The van der Waals surface area contributed by atoms with Crippen LogP contribution in [0.2, 0.25) is 0 Å². The van der Waals surface area contributed by atoms with Gasteiger partial charge in [0.2, 0.25) is 5.91 Å². The normalized spacial score (nSPS) is 17.9. The summed E-state index contributed by atoms with van der Waals surface area (Å²) in [5.41, 5.74) is 3.59. The van der Waals surface area contributed by atoms with Gasteiger partial charge in [0.05, 0.1) is 24.5 Å². The first kappa shape index (κ1) is 26.7. The van der Waals surface area contributed by atoms with E-state index in [0.29, 0.717) is 17.4 Å². The molecule has 0 unspecified atom stereocenters.